The highest BCUT2D eigenvalue weighted by Crippen LogP contribution is 2.77. The van der Waals surface area contributed by atoms with Crippen molar-refractivity contribution in [3.8, 4) is 0 Å². The first kappa shape index (κ1) is 29.1. The van der Waals surface area contributed by atoms with Crippen LogP contribution in [0.1, 0.15) is 129 Å². The Bertz CT molecular complexity index is 1280. The third-order valence-electron chi connectivity index (χ3n) is 15.9. The summed E-state index contributed by atoms with van der Waals surface area (Å²) in [6.07, 6.45) is 13.4. The number of aryl methyl sites for hydroxylation is 1. The molecule has 1 aromatic rings. The summed E-state index contributed by atoms with van der Waals surface area (Å²) in [5.41, 5.74) is 4.57. The van der Waals surface area contributed by atoms with Gasteiger partial charge in [0.15, 0.2) is 0 Å². The van der Waals surface area contributed by atoms with Crippen LogP contribution in [0.3, 0.4) is 0 Å². The van der Waals surface area contributed by atoms with Gasteiger partial charge in [-0.05, 0) is 146 Å². The van der Waals surface area contributed by atoms with Crippen LogP contribution >= 0.6 is 0 Å². The van der Waals surface area contributed by atoms with Crippen LogP contribution in [-0.4, -0.2) is 17.1 Å². The molecule has 0 bridgehead atoms. The lowest BCUT2D eigenvalue weighted by atomic mass is 9.32. The zero-order chi connectivity index (χ0) is 29.9. The van der Waals surface area contributed by atoms with Crippen LogP contribution in [0.5, 0.6) is 0 Å². The molecule has 0 aromatic heterocycles. The molecule has 6 aliphatic rings. The fourth-order valence-corrected chi connectivity index (χ4v) is 13.5. The molecular formula is C39H57NO2. The van der Waals surface area contributed by atoms with Crippen molar-refractivity contribution in [1.29, 1.82) is 0 Å². The fourth-order valence-electron chi connectivity index (χ4n) is 13.5. The summed E-state index contributed by atoms with van der Waals surface area (Å²) in [5.74, 6) is 3.05. The van der Waals surface area contributed by atoms with Crippen molar-refractivity contribution in [3.63, 3.8) is 0 Å². The topological polar surface area (TPSA) is 49.3 Å². The number of carbonyl (C=O) groups excluding carboxylic acids is 1. The van der Waals surface area contributed by atoms with Crippen LogP contribution in [0, 0.1) is 56.7 Å². The second kappa shape index (κ2) is 9.45. The summed E-state index contributed by atoms with van der Waals surface area (Å²) in [6, 6.07) is 8.90. The molecule has 7 rings (SSSR count). The Labute approximate surface area is 255 Å². The minimum Gasteiger partial charge on any atom is -0.393 e. The van der Waals surface area contributed by atoms with Gasteiger partial charge in [0, 0.05) is 0 Å². The maximum Gasteiger partial charge on any atom is 0.227 e. The van der Waals surface area contributed by atoms with E-state index >= 15 is 0 Å². The molecule has 230 valence electrons. The van der Waals surface area contributed by atoms with Crippen molar-refractivity contribution < 1.29 is 9.90 Å². The molecule has 0 saturated heterocycles. The molecule has 0 radical (unpaired) electrons. The Hall–Kier alpha value is -1.61. The maximum absolute atomic E-state index is 14.7. The molecule has 1 unspecified atom stereocenters. The molecule has 0 spiro atoms. The number of hydrogen-bond acceptors (Lipinski definition) is 2. The van der Waals surface area contributed by atoms with Gasteiger partial charge in [-0.3, -0.25) is 4.79 Å². The van der Waals surface area contributed by atoms with Crippen molar-refractivity contribution in [1.82, 2.24) is 5.32 Å². The number of aliphatic hydroxyl groups excluding tert-OH is 1. The minimum absolute atomic E-state index is 0.0127. The lowest BCUT2D eigenvalue weighted by Gasteiger charge is -2.72. The monoisotopic (exact) mass is 571 g/mol. The number of rotatable bonds is 3. The molecule has 3 nitrogen and oxygen atoms in total. The molecule has 5 fully saturated rings. The zero-order valence-electron chi connectivity index (χ0n) is 27.4. The van der Waals surface area contributed by atoms with Crippen molar-refractivity contribution in [2.45, 2.75) is 131 Å². The van der Waals surface area contributed by atoms with Gasteiger partial charge in [0.05, 0.1) is 17.6 Å². The summed E-state index contributed by atoms with van der Waals surface area (Å²) >= 11 is 0. The van der Waals surface area contributed by atoms with Gasteiger partial charge in [-0.1, -0.05) is 71.0 Å². The van der Waals surface area contributed by atoms with E-state index in [9.17, 15) is 9.90 Å². The second-order valence-corrected chi connectivity index (χ2v) is 17.5. The molecule has 0 heterocycles. The van der Waals surface area contributed by atoms with E-state index < -0.39 is 0 Å². The van der Waals surface area contributed by atoms with Crippen LogP contribution < -0.4 is 5.32 Å². The van der Waals surface area contributed by atoms with Crippen LogP contribution in [0.15, 0.2) is 36.4 Å². The average molecular weight is 572 g/mol. The highest BCUT2D eigenvalue weighted by Gasteiger charge is 2.71. The molecule has 0 aliphatic heterocycles. The van der Waals surface area contributed by atoms with E-state index in [0.29, 0.717) is 35.5 Å². The summed E-state index contributed by atoms with van der Waals surface area (Å²) in [7, 11) is 0. The largest absolute Gasteiger partial charge is 0.393 e. The number of aliphatic hydroxyl groups is 1. The summed E-state index contributed by atoms with van der Waals surface area (Å²) in [5, 5.41) is 14.7. The number of benzene rings is 1. The van der Waals surface area contributed by atoms with Crippen molar-refractivity contribution in [2.75, 3.05) is 0 Å². The molecule has 42 heavy (non-hydrogen) atoms. The van der Waals surface area contributed by atoms with E-state index in [1.165, 1.54) is 48.8 Å². The van der Waals surface area contributed by atoms with Gasteiger partial charge >= 0.3 is 0 Å². The Kier molecular flexibility index (Phi) is 6.55. The van der Waals surface area contributed by atoms with Gasteiger partial charge in [0.1, 0.15) is 0 Å². The number of amides is 1. The SMILES string of the molecule is C=C(C)[C@@H]1CC[C@]2(C(=O)NC3CCc4ccccc43)CC[C@]3(C)[C@H](CC[C@@H]4[C@@]5(C)CC[C@H](O)C(C)(C)[C@@H]5CC[C@]43C)[C@@H]12. The molecule has 6 aliphatic carbocycles. The normalized spacial score (nSPS) is 48.7. The zero-order valence-corrected chi connectivity index (χ0v) is 27.4. The molecule has 11 atom stereocenters. The van der Waals surface area contributed by atoms with Crippen molar-refractivity contribution in [3.05, 3.63) is 47.5 Å². The molecule has 2 N–H and O–H groups in total. The van der Waals surface area contributed by atoms with Gasteiger partial charge in [0.2, 0.25) is 5.91 Å². The number of hydrogen-bond donors (Lipinski definition) is 2. The van der Waals surface area contributed by atoms with E-state index in [1.54, 1.807) is 0 Å². The van der Waals surface area contributed by atoms with E-state index in [0.717, 1.165) is 44.9 Å². The van der Waals surface area contributed by atoms with Gasteiger partial charge in [-0.2, -0.15) is 0 Å². The Balaban J connectivity index is 1.23. The van der Waals surface area contributed by atoms with Crippen molar-refractivity contribution in [2.24, 2.45) is 56.7 Å². The first-order valence-electron chi connectivity index (χ1n) is 17.5. The Morgan fingerprint density at radius 3 is 2.38 bits per heavy atom. The predicted octanol–water partition coefficient (Wildman–Crippen LogP) is 8.81. The van der Waals surface area contributed by atoms with Gasteiger partial charge in [-0.25, -0.2) is 0 Å². The average Bonchev–Trinajstić information content (AvgIpc) is 3.54. The quantitative estimate of drug-likeness (QED) is 0.356. The van der Waals surface area contributed by atoms with Gasteiger partial charge in [0.25, 0.3) is 0 Å². The van der Waals surface area contributed by atoms with Gasteiger partial charge in [-0.15, -0.1) is 0 Å². The van der Waals surface area contributed by atoms with Crippen molar-refractivity contribution >= 4 is 5.91 Å². The molecule has 5 saturated carbocycles. The number of allylic oxidation sites excluding steroid dienone is 1. The molecule has 1 aromatic carbocycles. The Morgan fingerprint density at radius 1 is 0.857 bits per heavy atom. The first-order chi connectivity index (χ1) is 19.8. The summed E-state index contributed by atoms with van der Waals surface area (Å²) < 4.78 is 0. The van der Waals surface area contributed by atoms with E-state index in [4.69, 9.17) is 0 Å². The lowest BCUT2D eigenvalue weighted by Crippen LogP contribution is -2.67. The fraction of sp³-hybridized carbons (Fsp3) is 0.769. The molecule has 3 heteroatoms. The Morgan fingerprint density at radius 2 is 1.62 bits per heavy atom. The smallest absolute Gasteiger partial charge is 0.227 e. The van der Waals surface area contributed by atoms with E-state index in [1.807, 2.05) is 0 Å². The lowest BCUT2D eigenvalue weighted by molar-refractivity contribution is -0.246. The molecular weight excluding hydrogens is 514 g/mol. The molecule has 1 amide bonds. The van der Waals surface area contributed by atoms with E-state index in [-0.39, 0.29) is 39.2 Å². The second-order valence-electron chi connectivity index (χ2n) is 17.5. The van der Waals surface area contributed by atoms with E-state index in [2.05, 4.69) is 77.7 Å². The highest BCUT2D eigenvalue weighted by atomic mass is 16.3. The third-order valence-corrected chi connectivity index (χ3v) is 15.9. The minimum atomic E-state index is -0.257. The number of fused-ring (bicyclic) bond motifs is 8. The summed E-state index contributed by atoms with van der Waals surface area (Å²) in [6.45, 7) is 19.4. The number of carbonyl (C=O) groups is 1. The summed E-state index contributed by atoms with van der Waals surface area (Å²) in [4.78, 5) is 14.7. The highest BCUT2D eigenvalue weighted by molar-refractivity contribution is 5.84. The van der Waals surface area contributed by atoms with Crippen LogP contribution in [-0.2, 0) is 11.2 Å². The standard InChI is InChI=1S/C39H57NO2/c1-24(2)26-16-21-39(34(42)40-29-14-12-25-10-8-9-11-27(25)29)23-22-37(6)28(33(26)39)13-15-31-36(5)19-18-32(41)35(3,4)30(36)17-20-38(31,37)7/h8-11,26,28-33,41H,1,12-23H2,2-7H3,(H,40,42)/t26-,28+,29?,30-,31+,32-,33+,36-,37+,38+,39-/m0/s1. The van der Waals surface area contributed by atoms with Crippen LogP contribution in [0.2, 0.25) is 0 Å². The first-order valence-corrected chi connectivity index (χ1v) is 17.5. The van der Waals surface area contributed by atoms with Crippen LogP contribution in [0.4, 0.5) is 0 Å². The van der Waals surface area contributed by atoms with Crippen LogP contribution in [0.25, 0.3) is 0 Å². The maximum atomic E-state index is 14.7. The van der Waals surface area contributed by atoms with Gasteiger partial charge < -0.3 is 10.4 Å². The third kappa shape index (κ3) is 3.64. The number of nitrogens with one attached hydrogen (secondary N) is 1. The predicted molar refractivity (Wildman–Crippen MR) is 171 cm³/mol.